The van der Waals surface area contributed by atoms with Crippen molar-refractivity contribution in [2.45, 2.75) is 43.6 Å². The Balaban J connectivity index is 1.68. The highest BCUT2D eigenvalue weighted by molar-refractivity contribution is 7.98. The standard InChI is InChI=1S/C19H23ClN4OS/c1-13(2)21-18(25)15-7-5-6-14(10-15)12-26-19-22-16(20)11-17(23-19)24-8-3-4-9-24/h5-7,10-11,13H,3-4,8-9,12H2,1-2H3,(H,21,25). The van der Waals surface area contributed by atoms with Gasteiger partial charge >= 0.3 is 0 Å². The second-order valence-corrected chi connectivity index (χ2v) is 7.97. The fourth-order valence-corrected chi connectivity index (χ4v) is 3.88. The molecule has 1 aliphatic rings. The van der Waals surface area contributed by atoms with Crippen molar-refractivity contribution in [1.29, 1.82) is 0 Å². The maximum atomic E-state index is 12.2. The van der Waals surface area contributed by atoms with Crippen LogP contribution in [0.1, 0.15) is 42.6 Å². The van der Waals surface area contributed by atoms with Gasteiger partial charge in [0.2, 0.25) is 0 Å². The molecule has 7 heteroatoms. The molecule has 138 valence electrons. The van der Waals surface area contributed by atoms with Gasteiger partial charge in [-0.15, -0.1) is 0 Å². The largest absolute Gasteiger partial charge is 0.356 e. The first-order valence-corrected chi connectivity index (χ1v) is 10.2. The number of benzene rings is 1. The SMILES string of the molecule is CC(C)NC(=O)c1cccc(CSc2nc(Cl)cc(N3CCCC3)n2)c1. The van der Waals surface area contributed by atoms with E-state index in [2.05, 4.69) is 20.2 Å². The molecule has 0 atom stereocenters. The maximum absolute atomic E-state index is 12.2. The molecular formula is C19H23ClN4OS. The second kappa shape index (κ2) is 8.73. The van der Waals surface area contributed by atoms with E-state index in [0.29, 0.717) is 21.6 Å². The molecule has 0 saturated carbocycles. The lowest BCUT2D eigenvalue weighted by molar-refractivity contribution is 0.0943. The van der Waals surface area contributed by atoms with Crippen LogP contribution in [0.5, 0.6) is 0 Å². The average molecular weight is 391 g/mol. The van der Waals surface area contributed by atoms with Crippen molar-refractivity contribution in [3.8, 4) is 0 Å². The van der Waals surface area contributed by atoms with Gasteiger partial charge in [-0.2, -0.15) is 0 Å². The van der Waals surface area contributed by atoms with Crippen LogP contribution in [0, 0.1) is 0 Å². The van der Waals surface area contributed by atoms with E-state index in [0.717, 1.165) is 24.5 Å². The number of anilines is 1. The molecule has 0 unspecified atom stereocenters. The monoisotopic (exact) mass is 390 g/mol. The van der Waals surface area contributed by atoms with Crippen molar-refractivity contribution in [3.05, 3.63) is 46.6 Å². The van der Waals surface area contributed by atoms with Gasteiger partial charge in [0.15, 0.2) is 5.16 Å². The molecule has 2 aromatic rings. The zero-order chi connectivity index (χ0) is 18.5. The molecule has 1 aliphatic heterocycles. The Bertz CT molecular complexity index is 778. The molecule has 0 spiro atoms. The molecule has 0 bridgehead atoms. The van der Waals surface area contributed by atoms with Gasteiger partial charge in [0.25, 0.3) is 5.91 Å². The third kappa shape index (κ3) is 5.11. The third-order valence-corrected chi connectivity index (χ3v) is 5.18. The fourth-order valence-electron chi connectivity index (χ4n) is 2.85. The molecule has 1 fully saturated rings. The number of carbonyl (C=O) groups excluding carboxylic acids is 1. The predicted molar refractivity (Wildman–Crippen MR) is 107 cm³/mol. The van der Waals surface area contributed by atoms with Gasteiger partial charge < -0.3 is 10.2 Å². The van der Waals surface area contributed by atoms with E-state index in [-0.39, 0.29) is 11.9 Å². The number of hydrogen-bond donors (Lipinski definition) is 1. The normalized spacial score (nSPS) is 14.1. The number of rotatable bonds is 6. The van der Waals surface area contributed by atoms with Gasteiger partial charge in [-0.25, -0.2) is 9.97 Å². The van der Waals surface area contributed by atoms with Crippen molar-refractivity contribution in [1.82, 2.24) is 15.3 Å². The van der Waals surface area contributed by atoms with E-state index in [9.17, 15) is 4.79 Å². The van der Waals surface area contributed by atoms with E-state index >= 15 is 0 Å². The number of aromatic nitrogens is 2. The zero-order valence-electron chi connectivity index (χ0n) is 15.0. The quantitative estimate of drug-likeness (QED) is 0.456. The Morgan fingerprint density at radius 1 is 1.27 bits per heavy atom. The van der Waals surface area contributed by atoms with E-state index in [1.807, 2.05) is 44.2 Å². The summed E-state index contributed by atoms with van der Waals surface area (Å²) in [5, 5.41) is 4.04. The van der Waals surface area contributed by atoms with Crippen LogP contribution in [0.25, 0.3) is 0 Å². The highest BCUT2D eigenvalue weighted by Gasteiger charge is 2.16. The van der Waals surface area contributed by atoms with E-state index < -0.39 is 0 Å². The molecule has 1 aromatic heterocycles. The number of carbonyl (C=O) groups is 1. The molecule has 26 heavy (non-hydrogen) atoms. The van der Waals surface area contributed by atoms with Crippen molar-refractivity contribution in [2.75, 3.05) is 18.0 Å². The number of halogens is 1. The maximum Gasteiger partial charge on any atom is 0.251 e. The summed E-state index contributed by atoms with van der Waals surface area (Å²) in [4.78, 5) is 23.4. The first-order chi connectivity index (χ1) is 12.5. The van der Waals surface area contributed by atoms with Crippen molar-refractivity contribution < 1.29 is 4.79 Å². The smallest absolute Gasteiger partial charge is 0.251 e. The van der Waals surface area contributed by atoms with Gasteiger partial charge in [-0.1, -0.05) is 35.5 Å². The van der Waals surface area contributed by atoms with Gasteiger partial charge in [0.1, 0.15) is 11.0 Å². The predicted octanol–water partition coefficient (Wildman–Crippen LogP) is 4.16. The second-order valence-electron chi connectivity index (χ2n) is 6.64. The topological polar surface area (TPSA) is 58.1 Å². The number of nitrogens with zero attached hydrogens (tertiary/aromatic N) is 3. The minimum Gasteiger partial charge on any atom is -0.356 e. The van der Waals surface area contributed by atoms with Crippen LogP contribution < -0.4 is 10.2 Å². The Hall–Kier alpha value is -1.79. The van der Waals surface area contributed by atoms with Crippen LogP contribution in [0.15, 0.2) is 35.5 Å². The van der Waals surface area contributed by atoms with Crippen molar-refractivity contribution in [3.63, 3.8) is 0 Å². The number of amides is 1. The fraction of sp³-hybridized carbons (Fsp3) is 0.421. The van der Waals surface area contributed by atoms with Crippen LogP contribution in [0.3, 0.4) is 0 Å². The van der Waals surface area contributed by atoms with Crippen LogP contribution in [0.2, 0.25) is 5.15 Å². The van der Waals surface area contributed by atoms with Crippen LogP contribution in [0.4, 0.5) is 5.82 Å². The molecule has 1 aromatic carbocycles. The molecule has 1 N–H and O–H groups in total. The summed E-state index contributed by atoms with van der Waals surface area (Å²) in [6.07, 6.45) is 2.38. The Morgan fingerprint density at radius 3 is 2.77 bits per heavy atom. The first kappa shape index (κ1) is 19.0. The molecule has 3 rings (SSSR count). The molecule has 1 amide bonds. The Kier molecular flexibility index (Phi) is 6.38. The lowest BCUT2D eigenvalue weighted by atomic mass is 10.1. The van der Waals surface area contributed by atoms with Crippen LogP contribution in [-0.4, -0.2) is 35.0 Å². The highest BCUT2D eigenvalue weighted by Crippen LogP contribution is 2.26. The highest BCUT2D eigenvalue weighted by atomic mass is 35.5. The molecule has 2 heterocycles. The first-order valence-electron chi connectivity index (χ1n) is 8.83. The van der Waals surface area contributed by atoms with Gasteiger partial charge in [-0.3, -0.25) is 4.79 Å². The Morgan fingerprint density at radius 2 is 2.04 bits per heavy atom. The number of hydrogen-bond acceptors (Lipinski definition) is 5. The Labute approximate surface area is 163 Å². The minimum atomic E-state index is -0.0535. The van der Waals surface area contributed by atoms with Crippen LogP contribution in [-0.2, 0) is 5.75 Å². The van der Waals surface area contributed by atoms with Crippen molar-refractivity contribution >= 4 is 35.1 Å². The number of thioether (sulfide) groups is 1. The summed E-state index contributed by atoms with van der Waals surface area (Å²) in [6, 6.07) is 9.59. The summed E-state index contributed by atoms with van der Waals surface area (Å²) < 4.78 is 0. The molecule has 1 saturated heterocycles. The van der Waals surface area contributed by atoms with Gasteiger partial charge in [-0.05, 0) is 44.4 Å². The molecule has 0 aliphatic carbocycles. The number of nitrogens with one attached hydrogen (secondary N) is 1. The summed E-state index contributed by atoms with van der Waals surface area (Å²) >= 11 is 7.71. The van der Waals surface area contributed by atoms with Gasteiger partial charge in [0.05, 0.1) is 0 Å². The molecule has 0 radical (unpaired) electrons. The summed E-state index contributed by atoms with van der Waals surface area (Å²) in [5.74, 6) is 1.53. The minimum absolute atomic E-state index is 0.0535. The van der Waals surface area contributed by atoms with E-state index in [1.54, 1.807) is 0 Å². The molecule has 5 nitrogen and oxygen atoms in total. The lowest BCUT2D eigenvalue weighted by Gasteiger charge is -2.16. The van der Waals surface area contributed by atoms with Crippen molar-refractivity contribution in [2.24, 2.45) is 0 Å². The average Bonchev–Trinajstić information content (AvgIpc) is 3.14. The lowest BCUT2D eigenvalue weighted by Crippen LogP contribution is -2.30. The third-order valence-electron chi connectivity index (χ3n) is 4.07. The van der Waals surface area contributed by atoms with Gasteiger partial charge in [0, 0.05) is 36.5 Å². The summed E-state index contributed by atoms with van der Waals surface area (Å²) in [6.45, 7) is 5.94. The zero-order valence-corrected chi connectivity index (χ0v) is 16.6. The summed E-state index contributed by atoms with van der Waals surface area (Å²) in [5.41, 5.74) is 1.72. The van der Waals surface area contributed by atoms with E-state index in [4.69, 9.17) is 11.6 Å². The molecular weight excluding hydrogens is 368 g/mol. The summed E-state index contributed by atoms with van der Waals surface area (Å²) in [7, 11) is 0. The van der Waals surface area contributed by atoms with E-state index in [1.165, 1.54) is 24.6 Å². The van der Waals surface area contributed by atoms with Crippen LogP contribution >= 0.6 is 23.4 Å².